The molecule has 0 saturated carbocycles. The van der Waals surface area contributed by atoms with E-state index in [9.17, 15) is 22.8 Å². The summed E-state index contributed by atoms with van der Waals surface area (Å²) in [4.78, 5) is 25.0. The molecule has 0 aliphatic heterocycles. The summed E-state index contributed by atoms with van der Waals surface area (Å²) in [6.45, 7) is 4.12. The number of alkyl halides is 3. The van der Waals surface area contributed by atoms with E-state index in [1.54, 1.807) is 12.1 Å². The van der Waals surface area contributed by atoms with E-state index in [0.29, 0.717) is 16.2 Å². The van der Waals surface area contributed by atoms with Gasteiger partial charge in [-0.1, -0.05) is 31.5 Å². The molecule has 0 aliphatic rings. The Morgan fingerprint density at radius 3 is 2.39 bits per heavy atom. The van der Waals surface area contributed by atoms with E-state index in [1.807, 2.05) is 32.0 Å². The predicted molar refractivity (Wildman–Crippen MR) is 133 cm³/mol. The highest BCUT2D eigenvalue weighted by molar-refractivity contribution is 7.14. The van der Waals surface area contributed by atoms with E-state index in [1.165, 1.54) is 30.6 Å². The number of hydrogen-bond acceptors (Lipinski definition) is 5. The highest BCUT2D eigenvalue weighted by Gasteiger charge is 2.30. The third-order valence-corrected chi connectivity index (χ3v) is 6.74. The van der Waals surface area contributed by atoms with Crippen LogP contribution in [0, 0.1) is 6.92 Å². The van der Waals surface area contributed by atoms with E-state index in [2.05, 4.69) is 10.1 Å². The van der Waals surface area contributed by atoms with Crippen LogP contribution in [-0.2, 0) is 15.7 Å². The van der Waals surface area contributed by atoms with E-state index in [-0.39, 0.29) is 25.0 Å². The summed E-state index contributed by atoms with van der Waals surface area (Å²) in [7, 11) is 1.30. The van der Waals surface area contributed by atoms with E-state index in [4.69, 9.17) is 4.74 Å². The summed E-state index contributed by atoms with van der Waals surface area (Å²) in [6.07, 6.45) is -2.92. The molecule has 0 saturated heterocycles. The minimum absolute atomic E-state index is 0.101. The van der Waals surface area contributed by atoms with Gasteiger partial charge in [-0.15, -0.1) is 11.3 Å². The number of esters is 1. The largest absolute Gasteiger partial charge is 0.485 e. The van der Waals surface area contributed by atoms with Gasteiger partial charge in [-0.3, -0.25) is 9.59 Å². The third kappa shape index (κ3) is 7.10. The average molecular weight is 520 g/mol. The number of ether oxygens (including phenoxy) is 2. The Hall–Kier alpha value is -3.33. The molecular formula is C27H28F3NO4S. The minimum Gasteiger partial charge on any atom is -0.485 e. The number of benzene rings is 2. The van der Waals surface area contributed by atoms with Crippen molar-refractivity contribution in [3.63, 3.8) is 0 Å². The predicted octanol–water partition coefficient (Wildman–Crippen LogP) is 6.96. The molecule has 5 nitrogen and oxygen atoms in total. The van der Waals surface area contributed by atoms with Gasteiger partial charge in [0.1, 0.15) is 11.9 Å². The van der Waals surface area contributed by atoms with Crippen molar-refractivity contribution in [2.45, 2.75) is 45.4 Å². The molecule has 1 aromatic heterocycles. The summed E-state index contributed by atoms with van der Waals surface area (Å²) in [5.74, 6) is -0.0144. The van der Waals surface area contributed by atoms with E-state index < -0.39 is 17.7 Å². The second-order valence-corrected chi connectivity index (χ2v) is 9.35. The van der Waals surface area contributed by atoms with Gasteiger partial charge >= 0.3 is 12.1 Å². The van der Waals surface area contributed by atoms with Crippen molar-refractivity contribution in [1.82, 2.24) is 5.32 Å². The van der Waals surface area contributed by atoms with Crippen molar-refractivity contribution < 1.29 is 32.2 Å². The SMILES string of the molecule is CCCC(Oc1ccc(-c2ccc(C(F)(F)F)cc2)c(C)c1)c1ccc(C(=O)NCCC(=O)OC)s1. The van der Waals surface area contributed by atoms with Crippen LogP contribution in [0.1, 0.15) is 58.0 Å². The molecule has 1 heterocycles. The zero-order valence-corrected chi connectivity index (χ0v) is 21.1. The first-order valence-corrected chi connectivity index (χ1v) is 12.3. The minimum atomic E-state index is -4.37. The molecule has 0 bridgehead atoms. The maximum Gasteiger partial charge on any atom is 0.416 e. The number of hydrogen-bond donors (Lipinski definition) is 1. The van der Waals surface area contributed by atoms with Gasteiger partial charge in [-0.2, -0.15) is 13.2 Å². The number of rotatable bonds is 10. The summed E-state index contributed by atoms with van der Waals surface area (Å²) in [5, 5.41) is 2.71. The molecule has 0 fully saturated rings. The quantitative estimate of drug-likeness (QED) is 0.294. The second-order valence-electron chi connectivity index (χ2n) is 8.23. The Balaban J connectivity index is 1.71. The van der Waals surface area contributed by atoms with Gasteiger partial charge < -0.3 is 14.8 Å². The van der Waals surface area contributed by atoms with Crippen molar-refractivity contribution >= 4 is 23.2 Å². The van der Waals surface area contributed by atoms with Crippen LogP contribution >= 0.6 is 11.3 Å². The Kier molecular flexibility index (Phi) is 9.14. The van der Waals surface area contributed by atoms with Crippen LogP contribution in [0.4, 0.5) is 13.2 Å². The summed E-state index contributed by atoms with van der Waals surface area (Å²) < 4.78 is 49.4. The van der Waals surface area contributed by atoms with E-state index >= 15 is 0 Å². The van der Waals surface area contributed by atoms with Crippen molar-refractivity contribution in [3.8, 4) is 16.9 Å². The zero-order valence-electron chi connectivity index (χ0n) is 20.3. The molecule has 9 heteroatoms. The van der Waals surface area contributed by atoms with Gasteiger partial charge in [0.05, 0.1) is 24.0 Å². The van der Waals surface area contributed by atoms with Crippen molar-refractivity contribution in [2.24, 2.45) is 0 Å². The fraction of sp³-hybridized carbons (Fsp3) is 0.333. The van der Waals surface area contributed by atoms with Gasteiger partial charge in [0.15, 0.2) is 0 Å². The summed E-state index contributed by atoms with van der Waals surface area (Å²) in [6, 6.07) is 14.2. The van der Waals surface area contributed by atoms with Gasteiger partial charge in [-0.05, 0) is 66.4 Å². The molecule has 3 aromatic rings. The van der Waals surface area contributed by atoms with Crippen LogP contribution in [0.15, 0.2) is 54.6 Å². The van der Waals surface area contributed by atoms with Crippen molar-refractivity contribution in [1.29, 1.82) is 0 Å². The first-order chi connectivity index (χ1) is 17.1. The lowest BCUT2D eigenvalue weighted by Crippen LogP contribution is -2.25. The smallest absolute Gasteiger partial charge is 0.416 e. The number of aryl methyl sites for hydroxylation is 1. The van der Waals surface area contributed by atoms with Gasteiger partial charge in [0.25, 0.3) is 5.91 Å². The topological polar surface area (TPSA) is 64.6 Å². The molecular weight excluding hydrogens is 491 g/mol. The van der Waals surface area contributed by atoms with Crippen LogP contribution in [0.5, 0.6) is 5.75 Å². The van der Waals surface area contributed by atoms with Crippen LogP contribution in [0.2, 0.25) is 0 Å². The molecule has 1 N–H and O–H groups in total. The molecule has 3 rings (SSSR count). The number of thiophene rings is 1. The van der Waals surface area contributed by atoms with Crippen molar-refractivity contribution in [3.05, 3.63) is 75.5 Å². The highest BCUT2D eigenvalue weighted by Crippen LogP contribution is 2.35. The Labute approximate surface area is 212 Å². The lowest BCUT2D eigenvalue weighted by Gasteiger charge is -2.19. The summed E-state index contributed by atoms with van der Waals surface area (Å²) in [5.41, 5.74) is 1.71. The van der Waals surface area contributed by atoms with Gasteiger partial charge in [-0.25, -0.2) is 0 Å². The molecule has 36 heavy (non-hydrogen) atoms. The highest BCUT2D eigenvalue weighted by atomic mass is 32.1. The average Bonchev–Trinajstić information content (AvgIpc) is 3.34. The molecule has 0 spiro atoms. The van der Waals surface area contributed by atoms with Gasteiger partial charge in [0, 0.05) is 11.4 Å². The molecule has 1 unspecified atom stereocenters. The van der Waals surface area contributed by atoms with Gasteiger partial charge in [0.2, 0.25) is 0 Å². The Bertz CT molecular complexity index is 1190. The monoisotopic (exact) mass is 519 g/mol. The molecule has 1 amide bonds. The number of amides is 1. The van der Waals surface area contributed by atoms with Crippen LogP contribution < -0.4 is 10.1 Å². The lowest BCUT2D eigenvalue weighted by atomic mass is 9.99. The van der Waals surface area contributed by atoms with Crippen LogP contribution in [-0.4, -0.2) is 25.5 Å². The Morgan fingerprint density at radius 2 is 1.78 bits per heavy atom. The molecule has 2 aromatic carbocycles. The zero-order chi connectivity index (χ0) is 26.3. The van der Waals surface area contributed by atoms with Crippen molar-refractivity contribution in [2.75, 3.05) is 13.7 Å². The maximum absolute atomic E-state index is 12.9. The number of halogens is 3. The van der Waals surface area contributed by atoms with Crippen LogP contribution in [0.25, 0.3) is 11.1 Å². The second kappa shape index (κ2) is 12.1. The summed E-state index contributed by atoms with van der Waals surface area (Å²) >= 11 is 1.34. The van der Waals surface area contributed by atoms with E-state index in [0.717, 1.165) is 41.0 Å². The molecule has 1 atom stereocenters. The molecule has 0 aliphatic carbocycles. The molecule has 192 valence electrons. The number of carbonyl (C=O) groups is 2. The number of carbonyl (C=O) groups excluding carboxylic acids is 2. The van der Waals surface area contributed by atoms with Crippen LogP contribution in [0.3, 0.4) is 0 Å². The first-order valence-electron chi connectivity index (χ1n) is 11.5. The first kappa shape index (κ1) is 27.3. The lowest BCUT2D eigenvalue weighted by molar-refractivity contribution is -0.140. The third-order valence-electron chi connectivity index (χ3n) is 5.56. The fourth-order valence-electron chi connectivity index (χ4n) is 3.67. The molecule has 0 radical (unpaired) electrons. The fourth-order valence-corrected chi connectivity index (χ4v) is 4.66. The maximum atomic E-state index is 12.9. The standard InChI is InChI=1S/C27H28F3NO4S/c1-4-5-22(23-12-13-24(36-23)26(33)31-15-14-25(32)34-3)35-20-10-11-21(17(2)16-20)18-6-8-19(9-7-18)27(28,29)30/h6-13,16,22H,4-5,14-15H2,1-3H3,(H,31,33). The number of nitrogens with one attached hydrogen (secondary N) is 1. The number of methoxy groups -OCH3 is 1. The normalized spacial score (nSPS) is 12.2. The Morgan fingerprint density at radius 1 is 1.06 bits per heavy atom.